The number of halogens is 1. The van der Waals surface area contributed by atoms with Crippen LogP contribution in [-0.2, 0) is 0 Å². The Morgan fingerprint density at radius 1 is 1.38 bits per heavy atom. The maximum absolute atomic E-state index is 5.56. The lowest BCUT2D eigenvalue weighted by Gasteiger charge is -2.32. The second-order valence-electron chi connectivity index (χ2n) is 3.58. The van der Waals surface area contributed by atoms with Crippen molar-refractivity contribution in [1.82, 2.24) is 15.3 Å². The molecule has 1 N–H and O–H groups in total. The number of likely N-dealkylation sites (N-methyl/N-ethyl adjacent to an activating group) is 1. The van der Waals surface area contributed by atoms with E-state index >= 15 is 0 Å². The number of hydrogen-bond acceptors (Lipinski definition) is 3. The van der Waals surface area contributed by atoms with Gasteiger partial charge in [-0.05, 0) is 19.5 Å². The van der Waals surface area contributed by atoms with E-state index in [4.69, 9.17) is 11.6 Å². The number of hydrazine groups is 1. The van der Waals surface area contributed by atoms with E-state index in [0.29, 0.717) is 0 Å². The monoisotopic (exact) mass is 203 g/mol. The Balaban J connectivity index is 2.16. The molecule has 1 saturated heterocycles. The molecule has 76 valence electrons. The van der Waals surface area contributed by atoms with Crippen molar-refractivity contribution in [3.8, 4) is 0 Å². The van der Waals surface area contributed by atoms with E-state index in [9.17, 15) is 0 Å². The molecule has 0 aromatic rings. The van der Waals surface area contributed by atoms with Gasteiger partial charge < -0.3 is 4.90 Å². The summed E-state index contributed by atoms with van der Waals surface area (Å²) in [6.07, 6.45) is 0. The fourth-order valence-corrected chi connectivity index (χ4v) is 1.32. The van der Waals surface area contributed by atoms with Gasteiger partial charge in [0.1, 0.15) is 0 Å². The molecule has 1 rings (SSSR count). The molecule has 0 aromatic carbocycles. The zero-order valence-corrected chi connectivity index (χ0v) is 9.14. The average Bonchev–Trinajstić information content (AvgIpc) is 2.16. The number of rotatable bonds is 3. The lowest BCUT2D eigenvalue weighted by Crippen LogP contribution is -2.51. The maximum Gasteiger partial charge on any atom is 0.0321 e. The minimum absolute atomic E-state index is 0.854. The Morgan fingerprint density at radius 2 is 2.00 bits per heavy atom. The van der Waals surface area contributed by atoms with Crippen LogP contribution in [0.15, 0.2) is 11.1 Å². The van der Waals surface area contributed by atoms with Crippen LogP contribution in [0.25, 0.3) is 0 Å². The van der Waals surface area contributed by atoms with E-state index in [-0.39, 0.29) is 0 Å². The standard InChI is InChI=1S/C9H18ClN3/c1-9(7-10)8-11-13-5-3-12(2)4-6-13/h7,11H,3-6,8H2,1-2H3. The molecule has 1 fully saturated rings. The van der Waals surface area contributed by atoms with Crippen LogP contribution in [0.5, 0.6) is 0 Å². The first kappa shape index (κ1) is 11.0. The Hall–Kier alpha value is -0.0900. The van der Waals surface area contributed by atoms with E-state index in [1.165, 1.54) is 5.57 Å². The van der Waals surface area contributed by atoms with Gasteiger partial charge in [0.15, 0.2) is 0 Å². The summed E-state index contributed by atoms with van der Waals surface area (Å²) in [4.78, 5) is 2.34. The van der Waals surface area contributed by atoms with Gasteiger partial charge >= 0.3 is 0 Å². The molecule has 0 aliphatic carbocycles. The van der Waals surface area contributed by atoms with E-state index in [2.05, 4.69) is 22.4 Å². The third-order valence-electron chi connectivity index (χ3n) is 2.27. The molecule has 1 heterocycles. The summed E-state index contributed by atoms with van der Waals surface area (Å²) >= 11 is 5.56. The van der Waals surface area contributed by atoms with Gasteiger partial charge in [-0.15, -0.1) is 0 Å². The highest BCUT2D eigenvalue weighted by atomic mass is 35.5. The fourth-order valence-electron chi connectivity index (χ4n) is 1.24. The summed E-state index contributed by atoms with van der Waals surface area (Å²) in [5.74, 6) is 0. The van der Waals surface area contributed by atoms with E-state index < -0.39 is 0 Å². The van der Waals surface area contributed by atoms with E-state index in [1.807, 2.05) is 6.92 Å². The van der Waals surface area contributed by atoms with Gasteiger partial charge in [-0.2, -0.15) is 0 Å². The molecular weight excluding hydrogens is 186 g/mol. The lowest BCUT2D eigenvalue weighted by atomic mass is 10.3. The first-order chi connectivity index (χ1) is 6.22. The molecule has 4 heteroatoms. The van der Waals surface area contributed by atoms with Crippen LogP contribution >= 0.6 is 11.6 Å². The highest BCUT2D eigenvalue weighted by Gasteiger charge is 2.12. The average molecular weight is 204 g/mol. The van der Waals surface area contributed by atoms with Crippen LogP contribution in [0, 0.1) is 0 Å². The number of nitrogens with one attached hydrogen (secondary N) is 1. The highest BCUT2D eigenvalue weighted by Crippen LogP contribution is 1.97. The number of nitrogens with zero attached hydrogens (tertiary/aromatic N) is 2. The quantitative estimate of drug-likeness (QED) is 0.735. The van der Waals surface area contributed by atoms with Gasteiger partial charge in [-0.1, -0.05) is 11.6 Å². The summed E-state index contributed by atoms with van der Waals surface area (Å²) in [6, 6.07) is 0. The van der Waals surface area contributed by atoms with Crippen LogP contribution in [0.2, 0.25) is 0 Å². The predicted molar refractivity (Wildman–Crippen MR) is 56.7 cm³/mol. The predicted octanol–water partition coefficient (Wildman–Crippen LogP) is 0.881. The third kappa shape index (κ3) is 4.09. The van der Waals surface area contributed by atoms with Crippen molar-refractivity contribution in [3.63, 3.8) is 0 Å². The summed E-state index contributed by atoms with van der Waals surface area (Å²) in [5.41, 5.74) is 6.14. The summed E-state index contributed by atoms with van der Waals surface area (Å²) < 4.78 is 0. The highest BCUT2D eigenvalue weighted by molar-refractivity contribution is 6.25. The SMILES string of the molecule is CC(=CCl)CNN1CCN(C)CC1. The molecule has 0 aromatic heterocycles. The second-order valence-corrected chi connectivity index (χ2v) is 3.80. The zero-order valence-electron chi connectivity index (χ0n) is 8.39. The molecule has 0 radical (unpaired) electrons. The Kier molecular flexibility index (Phi) is 4.73. The summed E-state index contributed by atoms with van der Waals surface area (Å²) in [5, 5.41) is 2.25. The smallest absolute Gasteiger partial charge is 0.0321 e. The van der Waals surface area contributed by atoms with Crippen LogP contribution < -0.4 is 5.43 Å². The fraction of sp³-hybridized carbons (Fsp3) is 0.778. The van der Waals surface area contributed by atoms with Gasteiger partial charge in [0.2, 0.25) is 0 Å². The lowest BCUT2D eigenvalue weighted by molar-refractivity contribution is 0.109. The largest absolute Gasteiger partial charge is 0.304 e. The molecule has 1 aliphatic rings. The number of piperazine rings is 1. The molecule has 0 saturated carbocycles. The van der Waals surface area contributed by atoms with Crippen molar-refractivity contribution in [2.75, 3.05) is 39.8 Å². The van der Waals surface area contributed by atoms with Crippen molar-refractivity contribution < 1.29 is 0 Å². The van der Waals surface area contributed by atoms with Crippen LogP contribution in [0.3, 0.4) is 0 Å². The van der Waals surface area contributed by atoms with Gasteiger partial charge in [-0.3, -0.25) is 5.43 Å². The maximum atomic E-state index is 5.56. The Morgan fingerprint density at radius 3 is 2.54 bits per heavy atom. The Bertz CT molecular complexity index is 174. The molecular formula is C9H18ClN3. The normalized spacial score (nSPS) is 22.2. The first-order valence-electron chi connectivity index (χ1n) is 4.65. The minimum atomic E-state index is 0.854. The van der Waals surface area contributed by atoms with Crippen LogP contribution in [0.1, 0.15) is 6.92 Å². The summed E-state index contributed by atoms with van der Waals surface area (Å²) in [6.45, 7) is 7.33. The van der Waals surface area contributed by atoms with Crippen LogP contribution in [-0.4, -0.2) is 49.7 Å². The van der Waals surface area contributed by atoms with Crippen molar-refractivity contribution in [2.45, 2.75) is 6.92 Å². The molecule has 1 aliphatic heterocycles. The van der Waals surface area contributed by atoms with Crippen LogP contribution in [0.4, 0.5) is 0 Å². The molecule has 0 amide bonds. The topological polar surface area (TPSA) is 18.5 Å². The molecule has 0 atom stereocenters. The molecule has 0 bridgehead atoms. The van der Waals surface area contributed by atoms with Crippen molar-refractivity contribution >= 4 is 11.6 Å². The van der Waals surface area contributed by atoms with Gasteiger partial charge in [0.05, 0.1) is 0 Å². The number of hydrogen-bond donors (Lipinski definition) is 1. The summed E-state index contributed by atoms with van der Waals surface area (Å²) in [7, 11) is 2.15. The molecule has 0 unspecified atom stereocenters. The zero-order chi connectivity index (χ0) is 9.68. The Labute approximate surface area is 85.3 Å². The van der Waals surface area contributed by atoms with Crippen molar-refractivity contribution in [1.29, 1.82) is 0 Å². The van der Waals surface area contributed by atoms with Gasteiger partial charge in [0, 0.05) is 38.3 Å². The third-order valence-corrected chi connectivity index (χ3v) is 2.64. The first-order valence-corrected chi connectivity index (χ1v) is 5.09. The van der Waals surface area contributed by atoms with Gasteiger partial charge in [-0.25, -0.2) is 5.01 Å². The molecule has 0 spiro atoms. The van der Waals surface area contributed by atoms with E-state index in [1.54, 1.807) is 5.54 Å². The van der Waals surface area contributed by atoms with Crippen molar-refractivity contribution in [3.05, 3.63) is 11.1 Å². The molecule has 3 nitrogen and oxygen atoms in total. The van der Waals surface area contributed by atoms with E-state index in [0.717, 1.165) is 32.7 Å². The minimum Gasteiger partial charge on any atom is -0.304 e. The van der Waals surface area contributed by atoms with Gasteiger partial charge in [0.25, 0.3) is 0 Å². The molecule has 13 heavy (non-hydrogen) atoms. The second kappa shape index (κ2) is 5.60. The van der Waals surface area contributed by atoms with Crippen molar-refractivity contribution in [2.24, 2.45) is 0 Å².